The molecule has 2 nitrogen and oxygen atoms in total. The van der Waals surface area contributed by atoms with Gasteiger partial charge in [-0.05, 0) is 37.1 Å². The molecule has 0 bridgehead atoms. The fourth-order valence-corrected chi connectivity index (χ4v) is 2.22. The van der Waals surface area contributed by atoms with Gasteiger partial charge in [0.1, 0.15) is 6.07 Å². The molecule has 0 aliphatic carbocycles. The van der Waals surface area contributed by atoms with E-state index in [0.717, 1.165) is 12.1 Å². The molecule has 19 heavy (non-hydrogen) atoms. The minimum atomic E-state index is 0.298. The first-order valence-corrected chi connectivity index (χ1v) is 6.57. The van der Waals surface area contributed by atoms with Gasteiger partial charge in [0.25, 0.3) is 0 Å². The van der Waals surface area contributed by atoms with Crippen LogP contribution >= 0.6 is 11.6 Å². The molecule has 0 aromatic heterocycles. The van der Waals surface area contributed by atoms with Crippen molar-refractivity contribution in [2.75, 3.05) is 5.32 Å². The van der Waals surface area contributed by atoms with Crippen LogP contribution in [0.3, 0.4) is 0 Å². The third-order valence-corrected chi connectivity index (χ3v) is 3.20. The molecule has 2 aromatic rings. The van der Waals surface area contributed by atoms with Crippen LogP contribution in [0.4, 0.5) is 5.69 Å². The average Bonchev–Trinajstić information content (AvgIpc) is 2.40. The van der Waals surface area contributed by atoms with Crippen molar-refractivity contribution in [2.24, 2.45) is 0 Å². The van der Waals surface area contributed by atoms with Gasteiger partial charge in [-0.15, -0.1) is 0 Å². The normalized spacial score (nSPS) is 11.6. The van der Waals surface area contributed by atoms with E-state index < -0.39 is 0 Å². The van der Waals surface area contributed by atoms with Crippen molar-refractivity contribution in [3.8, 4) is 6.07 Å². The number of nitrogens with one attached hydrogen (secondary N) is 1. The lowest BCUT2D eigenvalue weighted by atomic mass is 10.1. The Labute approximate surface area is 118 Å². The Kier molecular flexibility index (Phi) is 4.43. The largest absolute Gasteiger partial charge is 0.382 e. The lowest BCUT2D eigenvalue weighted by Crippen LogP contribution is -2.17. The maximum atomic E-state index is 8.83. The summed E-state index contributed by atoms with van der Waals surface area (Å²) in [6, 6.07) is 18.1. The molecule has 0 aliphatic heterocycles. The smallest absolute Gasteiger partial charge is 0.101 e. The van der Waals surface area contributed by atoms with Crippen molar-refractivity contribution >= 4 is 17.3 Å². The molecule has 0 amide bonds. The van der Waals surface area contributed by atoms with Gasteiger partial charge in [-0.1, -0.05) is 41.9 Å². The number of benzene rings is 2. The van der Waals surface area contributed by atoms with Gasteiger partial charge in [0.2, 0.25) is 0 Å². The summed E-state index contributed by atoms with van der Waals surface area (Å²) < 4.78 is 0. The van der Waals surface area contributed by atoms with Crippen molar-refractivity contribution in [1.29, 1.82) is 5.26 Å². The van der Waals surface area contributed by atoms with E-state index in [1.165, 1.54) is 5.56 Å². The number of nitrogens with zero attached hydrogens (tertiary/aromatic N) is 1. The first kappa shape index (κ1) is 13.5. The highest BCUT2D eigenvalue weighted by Crippen LogP contribution is 2.21. The maximum absolute atomic E-state index is 8.83. The second-order valence-electron chi connectivity index (χ2n) is 4.54. The van der Waals surface area contributed by atoms with Crippen LogP contribution in [0.25, 0.3) is 0 Å². The third kappa shape index (κ3) is 3.74. The van der Waals surface area contributed by atoms with Gasteiger partial charge in [0.15, 0.2) is 0 Å². The van der Waals surface area contributed by atoms with Gasteiger partial charge in [-0.25, -0.2) is 0 Å². The molecule has 0 radical (unpaired) electrons. The molecule has 0 aliphatic rings. The van der Waals surface area contributed by atoms with E-state index in [-0.39, 0.29) is 0 Å². The van der Waals surface area contributed by atoms with Crippen LogP contribution in [-0.2, 0) is 6.42 Å². The predicted octanol–water partition coefficient (Wildman–Crippen LogP) is 4.25. The van der Waals surface area contributed by atoms with Crippen molar-refractivity contribution in [1.82, 2.24) is 0 Å². The summed E-state index contributed by atoms with van der Waals surface area (Å²) in [5.41, 5.74) is 2.73. The van der Waals surface area contributed by atoms with E-state index in [9.17, 15) is 0 Å². The summed E-state index contributed by atoms with van der Waals surface area (Å²) in [6.45, 7) is 2.12. The summed E-state index contributed by atoms with van der Waals surface area (Å²) in [6.07, 6.45) is 0.943. The summed E-state index contributed by atoms with van der Waals surface area (Å²) in [7, 11) is 0. The van der Waals surface area contributed by atoms with Crippen LogP contribution in [-0.4, -0.2) is 6.04 Å². The van der Waals surface area contributed by atoms with Crippen molar-refractivity contribution < 1.29 is 0 Å². The van der Waals surface area contributed by atoms with Crippen LogP contribution < -0.4 is 5.32 Å². The molecule has 2 aromatic carbocycles. The summed E-state index contributed by atoms with van der Waals surface area (Å²) in [5, 5.41) is 12.7. The lowest BCUT2D eigenvalue weighted by Gasteiger charge is -2.15. The standard InChI is InChI=1S/C16H15ClN2/c1-12(9-13-5-3-2-4-6-13)19-15-8-7-14(11-18)16(17)10-15/h2-8,10,12,19H,9H2,1H3. The summed E-state index contributed by atoms with van der Waals surface area (Å²) in [5.74, 6) is 0. The van der Waals surface area contributed by atoms with Gasteiger partial charge < -0.3 is 5.32 Å². The van der Waals surface area contributed by atoms with Crippen LogP contribution in [0.2, 0.25) is 5.02 Å². The Morgan fingerprint density at radius 2 is 1.95 bits per heavy atom. The molecule has 0 spiro atoms. The number of hydrogen-bond donors (Lipinski definition) is 1. The molecule has 2 rings (SSSR count). The first-order chi connectivity index (χ1) is 9.19. The molecular weight excluding hydrogens is 256 g/mol. The Bertz CT molecular complexity index is 587. The number of rotatable bonds is 4. The van der Waals surface area contributed by atoms with Crippen LogP contribution in [0, 0.1) is 11.3 Å². The fourth-order valence-electron chi connectivity index (χ4n) is 2.00. The Balaban J connectivity index is 2.01. The highest BCUT2D eigenvalue weighted by molar-refractivity contribution is 6.32. The van der Waals surface area contributed by atoms with Gasteiger partial charge in [0.05, 0.1) is 10.6 Å². The topological polar surface area (TPSA) is 35.8 Å². The quantitative estimate of drug-likeness (QED) is 0.901. The van der Waals surface area contributed by atoms with Gasteiger partial charge >= 0.3 is 0 Å². The molecule has 0 saturated carbocycles. The highest BCUT2D eigenvalue weighted by Gasteiger charge is 2.05. The molecule has 0 heterocycles. The third-order valence-electron chi connectivity index (χ3n) is 2.89. The average molecular weight is 271 g/mol. The molecule has 3 heteroatoms. The number of nitriles is 1. The van der Waals surface area contributed by atoms with E-state index in [4.69, 9.17) is 16.9 Å². The van der Waals surface area contributed by atoms with E-state index in [2.05, 4.69) is 30.4 Å². The minimum absolute atomic E-state index is 0.298. The molecule has 1 atom stereocenters. The predicted molar refractivity (Wildman–Crippen MR) is 79.4 cm³/mol. The van der Waals surface area contributed by atoms with Crippen molar-refractivity contribution in [3.63, 3.8) is 0 Å². The zero-order valence-electron chi connectivity index (χ0n) is 10.7. The second kappa shape index (κ2) is 6.26. The molecular formula is C16H15ClN2. The van der Waals surface area contributed by atoms with E-state index in [0.29, 0.717) is 16.6 Å². The monoisotopic (exact) mass is 270 g/mol. The van der Waals surface area contributed by atoms with Crippen LogP contribution in [0.1, 0.15) is 18.1 Å². The van der Waals surface area contributed by atoms with Crippen molar-refractivity contribution in [2.45, 2.75) is 19.4 Å². The zero-order valence-corrected chi connectivity index (χ0v) is 11.5. The highest BCUT2D eigenvalue weighted by atomic mass is 35.5. The number of hydrogen-bond acceptors (Lipinski definition) is 2. The maximum Gasteiger partial charge on any atom is 0.101 e. The van der Waals surface area contributed by atoms with Crippen LogP contribution in [0.5, 0.6) is 0 Å². The van der Waals surface area contributed by atoms with Gasteiger partial charge in [0, 0.05) is 11.7 Å². The summed E-state index contributed by atoms with van der Waals surface area (Å²) >= 11 is 6.01. The molecule has 0 fully saturated rings. The first-order valence-electron chi connectivity index (χ1n) is 6.19. The molecule has 0 saturated heterocycles. The van der Waals surface area contributed by atoms with Crippen LogP contribution in [0.15, 0.2) is 48.5 Å². The summed E-state index contributed by atoms with van der Waals surface area (Å²) in [4.78, 5) is 0. The fraction of sp³-hybridized carbons (Fsp3) is 0.188. The van der Waals surface area contributed by atoms with Gasteiger partial charge in [-0.3, -0.25) is 0 Å². The molecule has 1 N–H and O–H groups in total. The Morgan fingerprint density at radius 3 is 2.58 bits per heavy atom. The zero-order chi connectivity index (χ0) is 13.7. The molecule has 96 valence electrons. The van der Waals surface area contributed by atoms with E-state index in [1.54, 1.807) is 12.1 Å². The number of anilines is 1. The minimum Gasteiger partial charge on any atom is -0.382 e. The number of halogens is 1. The van der Waals surface area contributed by atoms with E-state index >= 15 is 0 Å². The molecule has 1 unspecified atom stereocenters. The SMILES string of the molecule is CC(Cc1ccccc1)Nc1ccc(C#N)c(Cl)c1. The van der Waals surface area contributed by atoms with Crippen molar-refractivity contribution in [3.05, 3.63) is 64.7 Å². The Hall–Kier alpha value is -1.98. The Morgan fingerprint density at radius 1 is 1.21 bits per heavy atom. The van der Waals surface area contributed by atoms with E-state index in [1.807, 2.05) is 24.3 Å². The van der Waals surface area contributed by atoms with Gasteiger partial charge in [-0.2, -0.15) is 5.26 Å². The second-order valence-corrected chi connectivity index (χ2v) is 4.95. The lowest BCUT2D eigenvalue weighted by molar-refractivity contribution is 0.790.